The number of anilines is 2. The van der Waals surface area contributed by atoms with E-state index in [1.165, 1.54) is 12.1 Å². The monoisotopic (exact) mass is 439 g/mol. The van der Waals surface area contributed by atoms with Gasteiger partial charge in [0.2, 0.25) is 0 Å². The van der Waals surface area contributed by atoms with Crippen LogP contribution in [0.4, 0.5) is 24.8 Å². The third-order valence-corrected chi connectivity index (χ3v) is 5.85. The van der Waals surface area contributed by atoms with Gasteiger partial charge in [-0.3, -0.25) is 0 Å². The first-order valence-corrected chi connectivity index (χ1v) is 10.9. The summed E-state index contributed by atoms with van der Waals surface area (Å²) in [5.74, 6) is 2.50. The van der Waals surface area contributed by atoms with Crippen molar-refractivity contribution in [2.24, 2.45) is 0 Å². The molecule has 3 rings (SSSR count). The lowest BCUT2D eigenvalue weighted by molar-refractivity contribution is -0.0328. The summed E-state index contributed by atoms with van der Waals surface area (Å²) in [5, 5.41) is 7.07. The maximum absolute atomic E-state index is 12.4. The molecule has 0 unspecified atom stereocenters. The molecule has 0 amide bonds. The van der Waals surface area contributed by atoms with Crippen molar-refractivity contribution in [2.45, 2.75) is 61.6 Å². The predicted molar refractivity (Wildman–Crippen MR) is 116 cm³/mol. The summed E-state index contributed by atoms with van der Waals surface area (Å²) >= 11 is -0.0794. The van der Waals surface area contributed by atoms with E-state index in [0.717, 1.165) is 48.7 Å². The van der Waals surface area contributed by atoms with Gasteiger partial charge in [-0.25, -0.2) is 9.97 Å². The summed E-state index contributed by atoms with van der Waals surface area (Å²) in [6.45, 7) is 2.56. The number of rotatable bonds is 7. The zero-order chi connectivity index (χ0) is 21.7. The van der Waals surface area contributed by atoms with Gasteiger partial charge in [0.05, 0.1) is 0 Å². The van der Waals surface area contributed by atoms with Crippen LogP contribution in [0, 0.1) is 6.92 Å². The molecule has 1 aromatic heterocycles. The van der Waals surface area contributed by atoms with E-state index in [0.29, 0.717) is 18.6 Å². The van der Waals surface area contributed by atoms with Crippen LogP contribution in [0.1, 0.15) is 37.1 Å². The molecule has 1 aromatic carbocycles. The molecule has 1 saturated carbocycles. The molecule has 5 nitrogen and oxygen atoms in total. The van der Waals surface area contributed by atoms with Crippen molar-refractivity contribution >= 4 is 23.4 Å². The van der Waals surface area contributed by atoms with Gasteiger partial charge in [0.1, 0.15) is 17.5 Å². The summed E-state index contributed by atoms with van der Waals surface area (Å²) in [4.78, 5) is 11.1. The number of nitrogens with zero attached hydrogens (tertiary/aromatic N) is 3. The van der Waals surface area contributed by atoms with E-state index in [1.807, 2.05) is 32.0 Å². The number of thioether (sulfide) groups is 1. The predicted octanol–water partition coefficient (Wildman–Crippen LogP) is 4.98. The molecule has 9 heteroatoms. The number of alkyl halides is 3. The van der Waals surface area contributed by atoms with Crippen LogP contribution in [0.5, 0.6) is 0 Å². The summed E-state index contributed by atoms with van der Waals surface area (Å²) in [7, 11) is 3.93. The first-order valence-electron chi connectivity index (χ1n) is 10.1. The van der Waals surface area contributed by atoms with Crippen molar-refractivity contribution in [2.75, 3.05) is 24.3 Å². The fourth-order valence-corrected chi connectivity index (χ4v) is 4.12. The molecule has 0 bridgehead atoms. The first kappa shape index (κ1) is 22.7. The molecule has 2 N–H and O–H groups in total. The Balaban J connectivity index is 1.44. The molecule has 0 aliphatic heterocycles. The van der Waals surface area contributed by atoms with Crippen LogP contribution in [-0.4, -0.2) is 41.7 Å². The number of hydrogen-bond donors (Lipinski definition) is 2. The molecule has 1 fully saturated rings. The molecule has 0 spiro atoms. The van der Waals surface area contributed by atoms with Gasteiger partial charge in [0.25, 0.3) is 0 Å². The van der Waals surface area contributed by atoms with E-state index in [2.05, 4.69) is 20.6 Å². The molecule has 30 heavy (non-hydrogen) atoms. The molecule has 2 aromatic rings. The zero-order valence-electron chi connectivity index (χ0n) is 17.5. The Morgan fingerprint density at radius 2 is 1.67 bits per heavy atom. The lowest BCUT2D eigenvalue weighted by Crippen LogP contribution is -2.36. The van der Waals surface area contributed by atoms with Crippen LogP contribution < -0.4 is 15.5 Å². The van der Waals surface area contributed by atoms with Gasteiger partial charge in [-0.2, -0.15) is 13.2 Å². The van der Waals surface area contributed by atoms with Crippen LogP contribution in [0.25, 0.3) is 0 Å². The SMILES string of the molecule is Cc1nc(NC2CCC(NCc3ccc(SC(F)(F)F)cc3)CC2)cc(N(C)C)n1. The van der Waals surface area contributed by atoms with Gasteiger partial charge in [0, 0.05) is 43.7 Å². The highest BCUT2D eigenvalue weighted by Crippen LogP contribution is 2.36. The van der Waals surface area contributed by atoms with E-state index in [9.17, 15) is 13.2 Å². The van der Waals surface area contributed by atoms with Crippen LogP contribution >= 0.6 is 11.8 Å². The quantitative estimate of drug-likeness (QED) is 0.594. The normalized spacial score (nSPS) is 19.5. The number of aryl methyl sites for hydroxylation is 1. The minimum absolute atomic E-state index is 0.0794. The van der Waals surface area contributed by atoms with Crippen molar-refractivity contribution in [3.8, 4) is 0 Å². The summed E-state index contributed by atoms with van der Waals surface area (Å²) in [5.41, 5.74) is -3.25. The maximum atomic E-state index is 12.4. The van der Waals surface area contributed by atoms with Crippen molar-refractivity contribution < 1.29 is 13.2 Å². The fraction of sp³-hybridized carbons (Fsp3) is 0.524. The maximum Gasteiger partial charge on any atom is 0.446 e. The van der Waals surface area contributed by atoms with E-state index in [4.69, 9.17) is 0 Å². The lowest BCUT2D eigenvalue weighted by atomic mass is 9.91. The van der Waals surface area contributed by atoms with E-state index in [-0.39, 0.29) is 16.7 Å². The molecular formula is C21H28F3N5S. The highest BCUT2D eigenvalue weighted by molar-refractivity contribution is 8.00. The molecular weight excluding hydrogens is 411 g/mol. The number of benzene rings is 1. The average molecular weight is 440 g/mol. The minimum atomic E-state index is -4.25. The second-order valence-electron chi connectivity index (χ2n) is 7.82. The third-order valence-electron chi connectivity index (χ3n) is 5.11. The van der Waals surface area contributed by atoms with E-state index >= 15 is 0 Å². The zero-order valence-corrected chi connectivity index (χ0v) is 18.3. The lowest BCUT2D eigenvalue weighted by Gasteiger charge is -2.30. The summed E-state index contributed by atoms with van der Waals surface area (Å²) in [6, 6.07) is 9.34. The Hall–Kier alpha value is -2.00. The molecule has 1 aliphatic rings. The molecule has 164 valence electrons. The smallest absolute Gasteiger partial charge is 0.367 e. The Bertz CT molecular complexity index is 818. The van der Waals surface area contributed by atoms with Gasteiger partial charge < -0.3 is 15.5 Å². The number of nitrogens with one attached hydrogen (secondary N) is 2. The average Bonchev–Trinajstić information content (AvgIpc) is 2.67. The number of halogens is 3. The molecule has 0 saturated heterocycles. The Morgan fingerprint density at radius 1 is 1.03 bits per heavy atom. The molecule has 0 radical (unpaired) electrons. The van der Waals surface area contributed by atoms with Crippen LogP contribution in [0.3, 0.4) is 0 Å². The van der Waals surface area contributed by atoms with Crippen molar-refractivity contribution in [1.82, 2.24) is 15.3 Å². The Kier molecular flexibility index (Phi) is 7.46. The second-order valence-corrected chi connectivity index (χ2v) is 8.96. The molecule has 1 aliphatic carbocycles. The largest absolute Gasteiger partial charge is 0.446 e. The molecule has 0 atom stereocenters. The summed E-state index contributed by atoms with van der Waals surface area (Å²) < 4.78 is 37.2. The van der Waals surface area contributed by atoms with Gasteiger partial charge in [0.15, 0.2) is 0 Å². The van der Waals surface area contributed by atoms with Gasteiger partial charge >= 0.3 is 5.51 Å². The second kappa shape index (κ2) is 9.87. The van der Waals surface area contributed by atoms with Crippen molar-refractivity contribution in [1.29, 1.82) is 0 Å². The van der Waals surface area contributed by atoms with E-state index < -0.39 is 5.51 Å². The highest BCUT2D eigenvalue weighted by Gasteiger charge is 2.29. The Morgan fingerprint density at radius 3 is 2.27 bits per heavy atom. The van der Waals surface area contributed by atoms with Crippen molar-refractivity contribution in [3.05, 3.63) is 41.7 Å². The van der Waals surface area contributed by atoms with Crippen LogP contribution in [-0.2, 0) is 6.54 Å². The topological polar surface area (TPSA) is 53.1 Å². The minimum Gasteiger partial charge on any atom is -0.367 e. The van der Waals surface area contributed by atoms with Gasteiger partial charge in [-0.15, -0.1) is 0 Å². The van der Waals surface area contributed by atoms with E-state index in [1.54, 1.807) is 12.1 Å². The fourth-order valence-electron chi connectivity index (χ4n) is 3.58. The summed E-state index contributed by atoms with van der Waals surface area (Å²) in [6.07, 6.45) is 4.17. The first-order chi connectivity index (χ1) is 14.2. The number of aromatic nitrogens is 2. The highest BCUT2D eigenvalue weighted by atomic mass is 32.2. The van der Waals surface area contributed by atoms with Crippen molar-refractivity contribution in [3.63, 3.8) is 0 Å². The van der Waals surface area contributed by atoms with Crippen LogP contribution in [0.15, 0.2) is 35.2 Å². The Labute approximate surface area is 179 Å². The standard InChI is InChI=1S/C21H28F3N5S/c1-14-26-19(12-20(27-14)29(2)3)28-17-8-6-16(7-9-17)25-13-15-4-10-18(11-5-15)30-21(22,23)24/h4-5,10-12,16-17,25H,6-9,13H2,1-3H3,(H,26,27,28). The van der Waals surface area contributed by atoms with Gasteiger partial charge in [-0.1, -0.05) is 12.1 Å². The van der Waals surface area contributed by atoms with Crippen LogP contribution in [0.2, 0.25) is 0 Å². The third kappa shape index (κ3) is 7.05. The number of hydrogen-bond acceptors (Lipinski definition) is 6. The molecule has 1 heterocycles. The van der Waals surface area contributed by atoms with Gasteiger partial charge in [-0.05, 0) is 62.1 Å².